The third-order valence-electron chi connectivity index (χ3n) is 2.83. The van der Waals surface area contributed by atoms with Crippen molar-refractivity contribution >= 4 is 17.7 Å². The van der Waals surface area contributed by atoms with E-state index in [0.29, 0.717) is 38.5 Å². The molecule has 0 bridgehead atoms. The average Bonchev–Trinajstić information content (AvgIpc) is 2.44. The van der Waals surface area contributed by atoms with E-state index in [0.717, 1.165) is 6.20 Å². The lowest BCUT2D eigenvalue weighted by molar-refractivity contribution is -0.130. The molecule has 0 aliphatic carbocycles. The number of nitrogens with one attached hydrogen (secondary N) is 2. The molecule has 20 heavy (non-hydrogen) atoms. The molecule has 6 nitrogen and oxygen atoms in total. The summed E-state index contributed by atoms with van der Waals surface area (Å²) in [6.45, 7) is 8.13. The van der Waals surface area contributed by atoms with Crippen LogP contribution in [0.4, 0.5) is 16.2 Å². The van der Waals surface area contributed by atoms with E-state index in [-0.39, 0.29) is 11.7 Å². The summed E-state index contributed by atoms with van der Waals surface area (Å²) in [7, 11) is 0. The van der Waals surface area contributed by atoms with Gasteiger partial charge in [-0.05, 0) is 20.8 Å². The van der Waals surface area contributed by atoms with E-state index in [4.69, 9.17) is 0 Å². The minimum absolute atomic E-state index is 0.0453. The molecule has 0 radical (unpaired) electrons. The minimum Gasteiger partial charge on any atom is -0.367 e. The van der Waals surface area contributed by atoms with Gasteiger partial charge in [-0.3, -0.25) is 4.79 Å². The van der Waals surface area contributed by atoms with Gasteiger partial charge in [0.15, 0.2) is 11.6 Å². The number of carbonyl (C=O) groups is 1. The Morgan fingerprint density at radius 2 is 2.00 bits per heavy atom. The fourth-order valence-corrected chi connectivity index (χ4v) is 1.76. The van der Waals surface area contributed by atoms with Crippen LogP contribution in [0.15, 0.2) is 6.20 Å². The molecule has 0 saturated carbocycles. The molecule has 0 aliphatic rings. The van der Waals surface area contributed by atoms with E-state index in [1.165, 1.54) is 0 Å². The van der Waals surface area contributed by atoms with E-state index in [9.17, 15) is 9.18 Å². The third-order valence-corrected chi connectivity index (χ3v) is 2.83. The Morgan fingerprint density at radius 3 is 2.60 bits per heavy atom. The maximum absolute atomic E-state index is 13.5. The minimum atomic E-state index is -0.526. The van der Waals surface area contributed by atoms with Crippen molar-refractivity contribution < 1.29 is 9.18 Å². The fraction of sp³-hybridized carbons (Fsp3) is 0.615. The van der Waals surface area contributed by atoms with E-state index in [2.05, 4.69) is 20.6 Å². The van der Waals surface area contributed by atoms with Crippen molar-refractivity contribution in [3.8, 4) is 0 Å². The summed E-state index contributed by atoms with van der Waals surface area (Å²) in [6, 6.07) is 0. The topological polar surface area (TPSA) is 70.2 Å². The highest BCUT2D eigenvalue weighted by Gasteiger charge is 2.10. The molecule has 0 saturated heterocycles. The normalized spacial score (nSPS) is 10.2. The summed E-state index contributed by atoms with van der Waals surface area (Å²) in [5.41, 5.74) is 0. The lowest BCUT2D eigenvalue weighted by Gasteiger charge is -2.18. The molecule has 7 heteroatoms. The van der Waals surface area contributed by atoms with Crippen LogP contribution in [0.3, 0.4) is 0 Å². The lowest BCUT2D eigenvalue weighted by atomic mass is 10.3. The molecule has 1 aromatic rings. The number of rotatable bonds is 8. The molecular weight excluding hydrogens is 261 g/mol. The number of hydrogen-bond acceptors (Lipinski definition) is 5. The molecule has 0 spiro atoms. The zero-order chi connectivity index (χ0) is 15.0. The van der Waals surface area contributed by atoms with Gasteiger partial charge in [0.05, 0.1) is 6.20 Å². The van der Waals surface area contributed by atoms with Gasteiger partial charge in [-0.15, -0.1) is 0 Å². The van der Waals surface area contributed by atoms with Crippen LogP contribution in [0.2, 0.25) is 0 Å². The highest BCUT2D eigenvalue weighted by molar-refractivity contribution is 5.76. The molecule has 2 N–H and O–H groups in total. The number of aromatic nitrogens is 2. The first-order valence-corrected chi connectivity index (χ1v) is 6.90. The Bertz CT molecular complexity index is 437. The first kappa shape index (κ1) is 16.1. The summed E-state index contributed by atoms with van der Waals surface area (Å²) in [6.07, 6.45) is 1.42. The Balaban J connectivity index is 2.53. The smallest absolute Gasteiger partial charge is 0.224 e. The van der Waals surface area contributed by atoms with Gasteiger partial charge < -0.3 is 15.5 Å². The highest BCUT2D eigenvalue weighted by Crippen LogP contribution is 2.11. The predicted molar refractivity (Wildman–Crippen MR) is 77.2 cm³/mol. The fourth-order valence-electron chi connectivity index (χ4n) is 1.76. The lowest BCUT2D eigenvalue weighted by Crippen LogP contribution is -2.31. The summed E-state index contributed by atoms with van der Waals surface area (Å²) in [5.74, 6) is 0.000536. The molecule has 0 unspecified atom stereocenters. The van der Waals surface area contributed by atoms with Gasteiger partial charge in [-0.2, -0.15) is 4.98 Å². The first-order valence-electron chi connectivity index (χ1n) is 6.90. The maximum atomic E-state index is 13.5. The van der Waals surface area contributed by atoms with Crippen LogP contribution in [-0.2, 0) is 4.79 Å². The predicted octanol–water partition coefficient (Wildman–Crippen LogP) is 1.72. The monoisotopic (exact) mass is 283 g/mol. The van der Waals surface area contributed by atoms with E-state index in [1.807, 2.05) is 20.8 Å². The maximum Gasteiger partial charge on any atom is 0.224 e. The average molecular weight is 283 g/mol. The number of carbonyl (C=O) groups excluding carboxylic acids is 1. The Hall–Kier alpha value is -1.92. The molecule has 1 heterocycles. The van der Waals surface area contributed by atoms with Crippen LogP contribution in [0.25, 0.3) is 0 Å². The van der Waals surface area contributed by atoms with Crippen LogP contribution >= 0.6 is 0 Å². The SMILES string of the molecule is CCNc1ncc(F)c(NCCC(=O)N(CC)CC)n1. The van der Waals surface area contributed by atoms with E-state index in [1.54, 1.807) is 4.90 Å². The van der Waals surface area contributed by atoms with Gasteiger partial charge in [0.1, 0.15) is 0 Å². The second kappa shape index (κ2) is 8.29. The van der Waals surface area contributed by atoms with Crippen molar-refractivity contribution in [2.75, 3.05) is 36.8 Å². The summed E-state index contributed by atoms with van der Waals surface area (Å²) >= 11 is 0. The Morgan fingerprint density at radius 1 is 1.30 bits per heavy atom. The van der Waals surface area contributed by atoms with Crippen LogP contribution in [0, 0.1) is 5.82 Å². The van der Waals surface area contributed by atoms with Gasteiger partial charge in [-0.25, -0.2) is 9.37 Å². The second-order valence-corrected chi connectivity index (χ2v) is 4.16. The quantitative estimate of drug-likeness (QED) is 0.760. The van der Waals surface area contributed by atoms with Crippen LogP contribution in [-0.4, -0.2) is 47.0 Å². The second-order valence-electron chi connectivity index (χ2n) is 4.16. The Kier molecular flexibility index (Phi) is 6.69. The molecule has 0 fully saturated rings. The number of nitrogens with zero attached hydrogens (tertiary/aromatic N) is 3. The summed E-state index contributed by atoms with van der Waals surface area (Å²) in [4.78, 5) is 21.4. The molecule has 1 amide bonds. The zero-order valence-electron chi connectivity index (χ0n) is 12.2. The van der Waals surface area contributed by atoms with Crippen molar-refractivity contribution in [2.24, 2.45) is 0 Å². The van der Waals surface area contributed by atoms with E-state index < -0.39 is 5.82 Å². The van der Waals surface area contributed by atoms with Gasteiger partial charge >= 0.3 is 0 Å². The number of amides is 1. The van der Waals surface area contributed by atoms with Crippen LogP contribution in [0.5, 0.6) is 0 Å². The molecule has 1 aromatic heterocycles. The van der Waals surface area contributed by atoms with Crippen LogP contribution in [0.1, 0.15) is 27.2 Å². The van der Waals surface area contributed by atoms with Gasteiger partial charge in [-0.1, -0.05) is 0 Å². The van der Waals surface area contributed by atoms with Crippen LogP contribution < -0.4 is 10.6 Å². The number of hydrogen-bond donors (Lipinski definition) is 2. The summed E-state index contributed by atoms with van der Waals surface area (Å²) < 4.78 is 13.5. The highest BCUT2D eigenvalue weighted by atomic mass is 19.1. The standard InChI is InChI=1S/C13H22FN5O/c1-4-15-13-17-9-10(14)12(18-13)16-8-7-11(20)19(5-2)6-3/h9H,4-8H2,1-3H3,(H2,15,16,17,18). The van der Waals surface area contributed by atoms with E-state index >= 15 is 0 Å². The van der Waals surface area contributed by atoms with Crippen molar-refractivity contribution in [1.82, 2.24) is 14.9 Å². The van der Waals surface area contributed by atoms with Crippen molar-refractivity contribution in [1.29, 1.82) is 0 Å². The largest absolute Gasteiger partial charge is 0.367 e. The number of halogens is 1. The van der Waals surface area contributed by atoms with Crippen molar-refractivity contribution in [3.05, 3.63) is 12.0 Å². The van der Waals surface area contributed by atoms with Gasteiger partial charge in [0, 0.05) is 32.6 Å². The molecule has 0 atom stereocenters. The molecular formula is C13H22FN5O. The van der Waals surface area contributed by atoms with Crippen molar-refractivity contribution in [2.45, 2.75) is 27.2 Å². The van der Waals surface area contributed by atoms with Gasteiger partial charge in [0.2, 0.25) is 11.9 Å². The third kappa shape index (κ3) is 4.64. The number of anilines is 2. The zero-order valence-corrected chi connectivity index (χ0v) is 12.2. The molecule has 0 aromatic carbocycles. The molecule has 0 aliphatic heterocycles. The molecule has 1 rings (SSSR count). The van der Waals surface area contributed by atoms with Crippen molar-refractivity contribution in [3.63, 3.8) is 0 Å². The first-order chi connectivity index (χ1) is 9.62. The Labute approximate surface area is 118 Å². The molecule has 112 valence electrons. The van der Waals surface area contributed by atoms with Gasteiger partial charge in [0.25, 0.3) is 0 Å². The summed E-state index contributed by atoms with van der Waals surface area (Å²) in [5, 5.41) is 5.74.